The normalized spacial score (nSPS) is 11.5. The molecule has 58 valence electrons. The number of nitrogens with zero attached hydrogens (tertiary/aromatic N) is 1. The molecule has 1 heterocycles. The van der Waals surface area contributed by atoms with Crippen LogP contribution in [0.2, 0.25) is 0 Å². The number of hydrogen-bond donors (Lipinski definition) is 1. The summed E-state index contributed by atoms with van der Waals surface area (Å²) >= 11 is 6.51. The summed E-state index contributed by atoms with van der Waals surface area (Å²) in [5.41, 5.74) is 0. The van der Waals surface area contributed by atoms with Crippen molar-refractivity contribution in [3.05, 3.63) is 22.4 Å². The molecule has 0 amide bonds. The van der Waals surface area contributed by atoms with E-state index < -0.39 is 11.0 Å². The quantitative estimate of drug-likeness (QED) is 0.335. The van der Waals surface area contributed by atoms with Crippen LogP contribution >= 0.6 is 22.9 Å². The number of halogens is 1. The maximum absolute atomic E-state index is 11.0. The predicted octanol–water partition coefficient (Wildman–Crippen LogP) is 1.96. The molecule has 0 aliphatic carbocycles. The van der Waals surface area contributed by atoms with Crippen molar-refractivity contribution < 1.29 is 10.0 Å². The van der Waals surface area contributed by atoms with Crippen LogP contribution in [0, 0.1) is 0 Å². The van der Waals surface area contributed by atoms with E-state index in [1.807, 2.05) is 0 Å². The van der Waals surface area contributed by atoms with E-state index in [9.17, 15) is 4.79 Å². The maximum atomic E-state index is 11.0. The van der Waals surface area contributed by atoms with Gasteiger partial charge in [-0.25, -0.2) is 0 Å². The van der Waals surface area contributed by atoms with Crippen LogP contribution in [0.4, 0.5) is 0 Å². The summed E-state index contributed by atoms with van der Waals surface area (Å²) < 4.78 is 0. The molecule has 0 saturated carbocycles. The highest BCUT2D eigenvalue weighted by molar-refractivity contribution is 7.14. The van der Waals surface area contributed by atoms with Gasteiger partial charge in [-0.05, 0) is 11.4 Å². The molecular weight excluding hydrogens is 186 g/mol. The van der Waals surface area contributed by atoms with Crippen molar-refractivity contribution >= 4 is 33.9 Å². The van der Waals surface area contributed by atoms with Crippen LogP contribution in [-0.2, 0) is 0 Å². The van der Waals surface area contributed by atoms with E-state index in [0.29, 0.717) is 4.88 Å². The highest BCUT2D eigenvalue weighted by Crippen LogP contribution is 2.10. The Morgan fingerprint density at radius 1 is 1.73 bits per heavy atom. The van der Waals surface area contributed by atoms with Crippen molar-refractivity contribution in [2.75, 3.05) is 0 Å². The Labute approximate surface area is 71.9 Å². The van der Waals surface area contributed by atoms with Gasteiger partial charge >= 0.3 is 0 Å². The van der Waals surface area contributed by atoms with Crippen molar-refractivity contribution in [2.45, 2.75) is 0 Å². The van der Waals surface area contributed by atoms with E-state index in [4.69, 9.17) is 16.8 Å². The van der Waals surface area contributed by atoms with E-state index in [-0.39, 0.29) is 0 Å². The first-order valence-electron chi connectivity index (χ1n) is 2.71. The average molecular weight is 190 g/mol. The van der Waals surface area contributed by atoms with E-state index in [1.54, 1.807) is 17.5 Å². The van der Waals surface area contributed by atoms with E-state index >= 15 is 0 Å². The van der Waals surface area contributed by atoms with Crippen LogP contribution in [0.25, 0.3) is 0 Å². The lowest BCUT2D eigenvalue weighted by molar-refractivity contribution is 0.106. The van der Waals surface area contributed by atoms with Crippen LogP contribution in [-0.4, -0.2) is 16.2 Å². The Kier molecular flexibility index (Phi) is 2.62. The van der Waals surface area contributed by atoms with E-state index in [2.05, 4.69) is 5.16 Å². The minimum atomic E-state index is -0.454. The molecule has 11 heavy (non-hydrogen) atoms. The molecule has 0 bridgehead atoms. The summed E-state index contributed by atoms with van der Waals surface area (Å²) in [6.45, 7) is 0. The van der Waals surface area contributed by atoms with Gasteiger partial charge in [0.05, 0.1) is 4.88 Å². The molecule has 0 unspecified atom stereocenters. The van der Waals surface area contributed by atoms with E-state index in [0.717, 1.165) is 0 Å². The van der Waals surface area contributed by atoms with Gasteiger partial charge < -0.3 is 5.21 Å². The van der Waals surface area contributed by atoms with Crippen molar-refractivity contribution in [1.29, 1.82) is 0 Å². The molecule has 1 rings (SSSR count). The molecule has 0 spiro atoms. The fourth-order valence-corrected chi connectivity index (χ4v) is 1.38. The number of oxime groups is 1. The molecular formula is C6H4ClNO2S. The highest BCUT2D eigenvalue weighted by Gasteiger charge is 2.12. The zero-order valence-corrected chi connectivity index (χ0v) is 6.89. The first-order valence-corrected chi connectivity index (χ1v) is 3.97. The molecule has 0 aliphatic heterocycles. The van der Waals surface area contributed by atoms with Crippen molar-refractivity contribution in [2.24, 2.45) is 5.16 Å². The molecule has 3 nitrogen and oxygen atoms in total. The molecule has 1 N–H and O–H groups in total. The number of thiophene rings is 1. The van der Waals surface area contributed by atoms with Crippen LogP contribution in [0.15, 0.2) is 22.7 Å². The Morgan fingerprint density at radius 3 is 2.91 bits per heavy atom. The Hall–Kier alpha value is -0.870. The Bertz CT molecular complexity index is 281. The Balaban J connectivity index is 2.87. The van der Waals surface area contributed by atoms with Gasteiger partial charge in [0.25, 0.3) is 0 Å². The summed E-state index contributed by atoms with van der Waals surface area (Å²) in [5.74, 6) is -0.454. The summed E-state index contributed by atoms with van der Waals surface area (Å²) in [4.78, 5) is 11.5. The van der Waals surface area contributed by atoms with Crippen molar-refractivity contribution in [3.63, 3.8) is 0 Å². The standard InChI is InChI=1S/C6H4ClNO2S/c7-6(8-10)5(9)4-2-1-3-11-4/h1-3,10H/b8-6-. The van der Waals surface area contributed by atoms with Crippen LogP contribution in [0.3, 0.4) is 0 Å². The van der Waals surface area contributed by atoms with Gasteiger partial charge in [-0.3, -0.25) is 4.79 Å². The minimum absolute atomic E-state index is 0.410. The lowest BCUT2D eigenvalue weighted by atomic mass is 10.3. The fourth-order valence-electron chi connectivity index (χ4n) is 0.555. The van der Waals surface area contributed by atoms with Gasteiger partial charge in [0.15, 0.2) is 0 Å². The zero-order valence-electron chi connectivity index (χ0n) is 5.32. The second-order valence-corrected chi connectivity index (χ2v) is 3.00. The summed E-state index contributed by atoms with van der Waals surface area (Å²) in [7, 11) is 0. The second kappa shape index (κ2) is 3.50. The van der Waals surface area contributed by atoms with Gasteiger partial charge in [-0.2, -0.15) is 0 Å². The van der Waals surface area contributed by atoms with Crippen LogP contribution < -0.4 is 0 Å². The number of carbonyl (C=O) groups excluding carboxylic acids is 1. The molecule has 0 atom stereocenters. The van der Waals surface area contributed by atoms with Gasteiger partial charge in [0.1, 0.15) is 0 Å². The number of rotatable bonds is 2. The third-order valence-corrected chi connectivity index (χ3v) is 2.14. The second-order valence-electron chi connectivity index (χ2n) is 1.70. The zero-order chi connectivity index (χ0) is 8.27. The summed E-state index contributed by atoms with van der Waals surface area (Å²) in [6, 6.07) is 3.33. The van der Waals surface area contributed by atoms with Crippen LogP contribution in [0.1, 0.15) is 9.67 Å². The predicted molar refractivity (Wildman–Crippen MR) is 43.7 cm³/mol. The number of ketones is 1. The first kappa shape index (κ1) is 8.23. The first-order chi connectivity index (χ1) is 5.25. The molecule has 0 aliphatic rings. The van der Waals surface area contributed by atoms with Crippen molar-refractivity contribution in [1.82, 2.24) is 0 Å². The number of hydrogen-bond acceptors (Lipinski definition) is 4. The summed E-state index contributed by atoms with van der Waals surface area (Å²) in [5, 5.41) is 12.1. The molecule has 0 aromatic carbocycles. The molecule has 0 fully saturated rings. The lowest BCUT2D eigenvalue weighted by Crippen LogP contribution is -2.05. The number of Topliss-reactive ketones (excluding diaryl/α,β-unsaturated/α-hetero) is 1. The largest absolute Gasteiger partial charge is 0.410 e. The molecule has 1 aromatic rings. The van der Waals surface area contributed by atoms with Gasteiger partial charge in [-0.15, -0.1) is 11.3 Å². The molecule has 0 radical (unpaired) electrons. The smallest absolute Gasteiger partial charge is 0.236 e. The van der Waals surface area contributed by atoms with Gasteiger partial charge in [0, 0.05) is 0 Å². The number of carbonyl (C=O) groups is 1. The third kappa shape index (κ3) is 1.78. The topological polar surface area (TPSA) is 49.7 Å². The SMILES string of the molecule is O=C(/C(Cl)=N/O)c1cccs1. The molecule has 1 aromatic heterocycles. The maximum Gasteiger partial charge on any atom is 0.236 e. The third-order valence-electron chi connectivity index (χ3n) is 1.02. The fraction of sp³-hybridized carbons (Fsp3) is 0. The van der Waals surface area contributed by atoms with E-state index in [1.165, 1.54) is 11.3 Å². The van der Waals surface area contributed by atoms with Gasteiger partial charge in [-0.1, -0.05) is 22.8 Å². The summed E-state index contributed by atoms with van der Waals surface area (Å²) in [6.07, 6.45) is 0. The minimum Gasteiger partial charge on any atom is -0.410 e. The monoisotopic (exact) mass is 189 g/mol. The molecule has 5 heteroatoms. The Morgan fingerprint density at radius 2 is 2.45 bits per heavy atom. The average Bonchev–Trinajstić information content (AvgIpc) is 2.53. The highest BCUT2D eigenvalue weighted by atomic mass is 35.5. The van der Waals surface area contributed by atoms with Crippen LogP contribution in [0.5, 0.6) is 0 Å². The molecule has 0 saturated heterocycles. The van der Waals surface area contributed by atoms with Crippen molar-refractivity contribution in [3.8, 4) is 0 Å². The lowest BCUT2D eigenvalue weighted by Gasteiger charge is -1.88. The van der Waals surface area contributed by atoms with Gasteiger partial charge in [0.2, 0.25) is 11.0 Å².